The SMILES string of the molecule is O=C(Cl)Cc1cc2c(cc1Br)OCO2. The van der Waals surface area contributed by atoms with Crippen LogP contribution in [-0.4, -0.2) is 12.0 Å². The van der Waals surface area contributed by atoms with E-state index in [1.807, 2.05) is 0 Å². The minimum Gasteiger partial charge on any atom is -0.454 e. The van der Waals surface area contributed by atoms with E-state index in [-0.39, 0.29) is 13.2 Å². The van der Waals surface area contributed by atoms with Crippen LogP contribution in [0, 0.1) is 0 Å². The van der Waals surface area contributed by atoms with Crippen LogP contribution < -0.4 is 9.47 Å². The first-order valence-corrected chi connectivity index (χ1v) is 5.10. The average molecular weight is 278 g/mol. The van der Waals surface area contributed by atoms with Crippen molar-refractivity contribution in [3.63, 3.8) is 0 Å². The van der Waals surface area contributed by atoms with Crippen molar-refractivity contribution >= 4 is 32.8 Å². The molecule has 0 spiro atoms. The number of hydrogen-bond acceptors (Lipinski definition) is 3. The monoisotopic (exact) mass is 276 g/mol. The van der Waals surface area contributed by atoms with Crippen molar-refractivity contribution in [1.29, 1.82) is 0 Å². The molecule has 1 aliphatic rings. The zero-order valence-corrected chi connectivity index (χ0v) is 9.39. The molecule has 5 heteroatoms. The molecule has 0 amide bonds. The van der Waals surface area contributed by atoms with Gasteiger partial charge in [-0.2, -0.15) is 0 Å². The Bertz CT molecular complexity index is 392. The Hall–Kier alpha value is -0.740. The van der Waals surface area contributed by atoms with Crippen LogP contribution in [0.2, 0.25) is 0 Å². The van der Waals surface area contributed by atoms with Crippen molar-refractivity contribution in [3.05, 3.63) is 22.2 Å². The van der Waals surface area contributed by atoms with Gasteiger partial charge in [0.05, 0.1) is 0 Å². The van der Waals surface area contributed by atoms with Crippen molar-refractivity contribution in [1.82, 2.24) is 0 Å². The lowest BCUT2D eigenvalue weighted by atomic mass is 10.1. The van der Waals surface area contributed by atoms with E-state index in [1.54, 1.807) is 12.1 Å². The first-order valence-electron chi connectivity index (χ1n) is 3.93. The molecule has 0 unspecified atom stereocenters. The summed E-state index contributed by atoms with van der Waals surface area (Å²) in [5, 5.41) is -0.399. The summed E-state index contributed by atoms with van der Waals surface area (Å²) in [6, 6.07) is 3.53. The topological polar surface area (TPSA) is 35.5 Å². The first-order chi connectivity index (χ1) is 6.66. The van der Waals surface area contributed by atoms with E-state index < -0.39 is 5.24 Å². The molecule has 14 heavy (non-hydrogen) atoms. The number of fused-ring (bicyclic) bond motifs is 1. The molecule has 0 fully saturated rings. The van der Waals surface area contributed by atoms with E-state index in [0.717, 1.165) is 10.0 Å². The molecule has 1 aromatic carbocycles. The molecule has 0 saturated heterocycles. The van der Waals surface area contributed by atoms with Gasteiger partial charge >= 0.3 is 0 Å². The number of hydrogen-bond donors (Lipinski definition) is 0. The number of halogens is 2. The van der Waals surface area contributed by atoms with Crippen molar-refractivity contribution in [3.8, 4) is 11.5 Å². The molecule has 1 aromatic rings. The molecule has 3 nitrogen and oxygen atoms in total. The predicted octanol–water partition coefficient (Wildman–Crippen LogP) is 2.49. The van der Waals surface area contributed by atoms with Crippen LogP contribution in [0.3, 0.4) is 0 Å². The third kappa shape index (κ3) is 1.86. The normalized spacial score (nSPS) is 13.0. The van der Waals surface area contributed by atoms with Gasteiger partial charge in [0.25, 0.3) is 0 Å². The number of benzene rings is 1. The van der Waals surface area contributed by atoms with Crippen LogP contribution in [0.5, 0.6) is 11.5 Å². The maximum absolute atomic E-state index is 10.7. The fraction of sp³-hybridized carbons (Fsp3) is 0.222. The molecule has 1 heterocycles. The molecule has 0 bridgehead atoms. The lowest BCUT2D eigenvalue weighted by Crippen LogP contribution is -1.94. The Morgan fingerprint density at radius 3 is 2.71 bits per heavy atom. The minimum atomic E-state index is -0.399. The highest BCUT2D eigenvalue weighted by atomic mass is 79.9. The van der Waals surface area contributed by atoms with Crippen LogP contribution in [0.4, 0.5) is 0 Å². The number of ether oxygens (including phenoxy) is 2. The molecule has 0 aromatic heterocycles. The summed E-state index contributed by atoms with van der Waals surface area (Å²) in [5.74, 6) is 1.34. The highest BCUT2D eigenvalue weighted by molar-refractivity contribution is 9.10. The summed E-state index contributed by atoms with van der Waals surface area (Å²) in [6.07, 6.45) is 0.179. The predicted molar refractivity (Wildman–Crippen MR) is 54.8 cm³/mol. The Kier molecular flexibility index (Phi) is 2.65. The van der Waals surface area contributed by atoms with Gasteiger partial charge in [0.2, 0.25) is 12.0 Å². The Morgan fingerprint density at radius 2 is 2.07 bits per heavy atom. The smallest absolute Gasteiger partial charge is 0.231 e. The molecular formula is C9H6BrClO3. The van der Waals surface area contributed by atoms with E-state index in [2.05, 4.69) is 15.9 Å². The van der Waals surface area contributed by atoms with Crippen molar-refractivity contribution in [2.24, 2.45) is 0 Å². The third-order valence-electron chi connectivity index (χ3n) is 1.87. The summed E-state index contributed by atoms with van der Waals surface area (Å²) in [7, 11) is 0. The van der Waals surface area contributed by atoms with E-state index in [9.17, 15) is 4.79 Å². The second-order valence-corrected chi connectivity index (χ2v) is 4.10. The average Bonchev–Trinajstić information content (AvgIpc) is 2.51. The van der Waals surface area contributed by atoms with Gasteiger partial charge in [-0.05, 0) is 29.3 Å². The molecule has 0 N–H and O–H groups in total. The standard InChI is InChI=1S/C9H6BrClO3/c10-6-3-8-7(13-4-14-8)1-5(6)2-9(11)12/h1,3H,2,4H2. The van der Waals surface area contributed by atoms with Crippen LogP contribution in [0.15, 0.2) is 16.6 Å². The quantitative estimate of drug-likeness (QED) is 0.779. The maximum atomic E-state index is 10.7. The lowest BCUT2D eigenvalue weighted by molar-refractivity contribution is -0.111. The first kappa shape index (κ1) is 9.80. The zero-order valence-electron chi connectivity index (χ0n) is 7.05. The number of carbonyl (C=O) groups is 1. The fourth-order valence-corrected chi connectivity index (χ4v) is 1.85. The minimum absolute atomic E-state index is 0.179. The van der Waals surface area contributed by atoms with Crippen LogP contribution >= 0.6 is 27.5 Å². The van der Waals surface area contributed by atoms with Crippen molar-refractivity contribution < 1.29 is 14.3 Å². The van der Waals surface area contributed by atoms with E-state index in [0.29, 0.717) is 11.5 Å². The Morgan fingerprint density at radius 1 is 1.43 bits per heavy atom. The number of carbonyl (C=O) groups excluding carboxylic acids is 1. The summed E-state index contributed by atoms with van der Waals surface area (Å²) in [5.41, 5.74) is 0.800. The Balaban J connectivity index is 2.37. The van der Waals surface area contributed by atoms with Gasteiger partial charge in [0, 0.05) is 10.9 Å². The highest BCUT2D eigenvalue weighted by Crippen LogP contribution is 2.37. The van der Waals surface area contributed by atoms with Crippen LogP contribution in [-0.2, 0) is 11.2 Å². The van der Waals surface area contributed by atoms with Gasteiger partial charge in [-0.1, -0.05) is 15.9 Å². The van der Waals surface area contributed by atoms with E-state index in [4.69, 9.17) is 21.1 Å². The van der Waals surface area contributed by atoms with Gasteiger partial charge < -0.3 is 9.47 Å². The van der Waals surface area contributed by atoms with Gasteiger partial charge in [-0.3, -0.25) is 4.79 Å². The maximum Gasteiger partial charge on any atom is 0.231 e. The van der Waals surface area contributed by atoms with E-state index in [1.165, 1.54) is 0 Å². The fourth-order valence-electron chi connectivity index (χ4n) is 1.24. The molecule has 0 atom stereocenters. The largest absolute Gasteiger partial charge is 0.454 e. The van der Waals surface area contributed by atoms with Gasteiger partial charge in [-0.15, -0.1) is 0 Å². The van der Waals surface area contributed by atoms with Crippen LogP contribution in [0.1, 0.15) is 5.56 Å². The highest BCUT2D eigenvalue weighted by Gasteiger charge is 2.16. The molecule has 0 radical (unpaired) electrons. The van der Waals surface area contributed by atoms with Crippen molar-refractivity contribution in [2.75, 3.05) is 6.79 Å². The summed E-state index contributed by atoms with van der Waals surface area (Å²) >= 11 is 8.64. The second-order valence-electron chi connectivity index (χ2n) is 2.83. The zero-order chi connectivity index (χ0) is 10.1. The lowest BCUT2D eigenvalue weighted by Gasteiger charge is -2.03. The Labute approximate surface area is 94.1 Å². The van der Waals surface area contributed by atoms with Crippen LogP contribution in [0.25, 0.3) is 0 Å². The third-order valence-corrected chi connectivity index (χ3v) is 2.74. The molecule has 0 saturated carbocycles. The summed E-state index contributed by atoms with van der Waals surface area (Å²) < 4.78 is 11.1. The molecular weight excluding hydrogens is 271 g/mol. The van der Waals surface area contributed by atoms with Gasteiger partial charge in [0.15, 0.2) is 11.5 Å². The second kappa shape index (κ2) is 3.79. The molecule has 1 aliphatic heterocycles. The van der Waals surface area contributed by atoms with Gasteiger partial charge in [0.1, 0.15) is 0 Å². The summed E-state index contributed by atoms with van der Waals surface area (Å²) in [4.78, 5) is 10.7. The molecule has 74 valence electrons. The van der Waals surface area contributed by atoms with E-state index >= 15 is 0 Å². The summed E-state index contributed by atoms with van der Waals surface area (Å²) in [6.45, 7) is 0.222. The van der Waals surface area contributed by atoms with Gasteiger partial charge in [-0.25, -0.2) is 0 Å². The number of rotatable bonds is 2. The molecule has 0 aliphatic carbocycles. The van der Waals surface area contributed by atoms with Crippen molar-refractivity contribution in [2.45, 2.75) is 6.42 Å². The molecule has 2 rings (SSSR count).